The van der Waals surface area contributed by atoms with Gasteiger partial charge in [-0.1, -0.05) is 0 Å². The molecule has 2 atom stereocenters. The van der Waals surface area contributed by atoms with Crippen molar-refractivity contribution in [1.29, 1.82) is 0 Å². The molecule has 0 spiro atoms. The molecule has 12 heavy (non-hydrogen) atoms. The van der Waals surface area contributed by atoms with Crippen molar-refractivity contribution in [3.05, 3.63) is 0 Å². The summed E-state index contributed by atoms with van der Waals surface area (Å²) >= 11 is 0. The Kier molecular flexibility index (Phi) is 2.33. The quantitative estimate of drug-likeness (QED) is 0.569. The van der Waals surface area contributed by atoms with Crippen LogP contribution in [0.25, 0.3) is 0 Å². The first-order chi connectivity index (χ1) is 5.34. The number of nitrogens with one attached hydrogen (secondary N) is 1. The number of rotatable bonds is 0. The van der Waals surface area contributed by atoms with Gasteiger partial charge in [0, 0.05) is 0 Å². The first kappa shape index (κ1) is 9.77. The molecular weight excluding hydrogens is 174 g/mol. The molecule has 2 unspecified atom stereocenters. The van der Waals surface area contributed by atoms with Crippen molar-refractivity contribution in [2.45, 2.75) is 37.7 Å². The van der Waals surface area contributed by atoms with Gasteiger partial charge in [-0.05, 0) is 26.3 Å². The molecule has 1 aliphatic rings. The number of piperidine rings is 1. The van der Waals surface area contributed by atoms with Gasteiger partial charge in [0.05, 0.1) is 0 Å². The third-order valence-electron chi connectivity index (χ3n) is 2.12. The van der Waals surface area contributed by atoms with Gasteiger partial charge in [0.2, 0.25) is 0 Å². The molecule has 5 heteroatoms. The van der Waals surface area contributed by atoms with Gasteiger partial charge in [-0.15, -0.1) is 0 Å². The smallest absolute Gasteiger partial charge is 0.303 e. The van der Waals surface area contributed by atoms with E-state index in [4.69, 9.17) is 0 Å². The highest BCUT2D eigenvalue weighted by Crippen LogP contribution is 2.35. The summed E-state index contributed by atoms with van der Waals surface area (Å²) in [4.78, 5) is 0. The second-order valence-corrected chi connectivity index (χ2v) is 3.31. The fourth-order valence-electron chi connectivity index (χ4n) is 1.49. The minimum Gasteiger partial charge on any atom is -0.303 e. The minimum atomic E-state index is -4.48. The van der Waals surface area contributed by atoms with Gasteiger partial charge >= 0.3 is 6.18 Å². The second-order valence-electron chi connectivity index (χ2n) is 3.31. The maximum absolute atomic E-state index is 13.2. The Bertz CT molecular complexity index is 163. The molecule has 0 aromatic carbocycles. The fraction of sp³-hybridized carbons (Fsp3) is 1.00. The molecule has 1 aliphatic heterocycles. The van der Waals surface area contributed by atoms with Crippen LogP contribution >= 0.6 is 0 Å². The topological polar surface area (TPSA) is 12.0 Å². The zero-order valence-electron chi connectivity index (χ0n) is 6.71. The van der Waals surface area contributed by atoms with Gasteiger partial charge in [0.25, 0.3) is 0 Å². The SMILES string of the molecule is CC1(F)CCCNC1C(F)(F)F. The van der Waals surface area contributed by atoms with Crippen LogP contribution in [-0.2, 0) is 0 Å². The Labute approximate surface area is 68.1 Å². The van der Waals surface area contributed by atoms with Crippen molar-refractivity contribution >= 4 is 0 Å². The summed E-state index contributed by atoms with van der Waals surface area (Å²) in [6, 6.07) is -2.00. The molecule has 1 fully saturated rings. The number of alkyl halides is 4. The van der Waals surface area contributed by atoms with Crippen LogP contribution < -0.4 is 5.32 Å². The Balaban J connectivity index is 2.73. The van der Waals surface area contributed by atoms with E-state index in [1.54, 1.807) is 0 Å². The van der Waals surface area contributed by atoms with E-state index in [2.05, 4.69) is 5.32 Å². The normalized spacial score (nSPS) is 38.2. The molecule has 0 aromatic rings. The Hall–Kier alpha value is -0.320. The fourth-order valence-corrected chi connectivity index (χ4v) is 1.49. The highest BCUT2D eigenvalue weighted by atomic mass is 19.4. The number of hydrogen-bond donors (Lipinski definition) is 1. The molecule has 0 amide bonds. The van der Waals surface area contributed by atoms with Gasteiger partial charge in [0.1, 0.15) is 11.7 Å². The predicted octanol–water partition coefficient (Wildman–Crippen LogP) is 2.03. The largest absolute Gasteiger partial charge is 0.406 e. The molecule has 1 nitrogen and oxygen atoms in total. The van der Waals surface area contributed by atoms with E-state index in [1.807, 2.05) is 0 Å². The monoisotopic (exact) mass is 185 g/mol. The molecule has 0 aromatic heterocycles. The van der Waals surface area contributed by atoms with Gasteiger partial charge in [0.15, 0.2) is 0 Å². The van der Waals surface area contributed by atoms with Crippen LogP contribution in [0.2, 0.25) is 0 Å². The standard InChI is InChI=1S/C7H11F4N/c1-6(8)3-2-4-12-5(6)7(9,10)11/h5,12H,2-4H2,1H3. The summed E-state index contributed by atoms with van der Waals surface area (Å²) in [5, 5.41) is 2.15. The zero-order valence-corrected chi connectivity index (χ0v) is 6.71. The van der Waals surface area contributed by atoms with Gasteiger partial charge in [-0.2, -0.15) is 13.2 Å². The molecule has 1 saturated heterocycles. The van der Waals surface area contributed by atoms with E-state index in [0.29, 0.717) is 6.42 Å². The van der Waals surface area contributed by atoms with Crippen molar-refractivity contribution in [1.82, 2.24) is 5.32 Å². The second kappa shape index (κ2) is 2.87. The van der Waals surface area contributed by atoms with Gasteiger partial charge < -0.3 is 5.32 Å². The van der Waals surface area contributed by atoms with Crippen molar-refractivity contribution in [2.75, 3.05) is 6.54 Å². The lowest BCUT2D eigenvalue weighted by Gasteiger charge is -2.36. The Morgan fingerprint density at radius 2 is 2.00 bits per heavy atom. The Morgan fingerprint density at radius 3 is 2.33 bits per heavy atom. The molecule has 72 valence electrons. The van der Waals surface area contributed by atoms with Crippen LogP contribution in [0.3, 0.4) is 0 Å². The first-order valence-electron chi connectivity index (χ1n) is 3.83. The summed E-state index contributed by atoms with van der Waals surface area (Å²) in [5.74, 6) is 0. The van der Waals surface area contributed by atoms with E-state index in [0.717, 1.165) is 6.92 Å². The minimum absolute atomic E-state index is 0.0236. The van der Waals surface area contributed by atoms with E-state index in [9.17, 15) is 17.6 Å². The lowest BCUT2D eigenvalue weighted by molar-refractivity contribution is -0.191. The van der Waals surface area contributed by atoms with Crippen LogP contribution in [0.1, 0.15) is 19.8 Å². The van der Waals surface area contributed by atoms with Crippen molar-refractivity contribution in [3.8, 4) is 0 Å². The Morgan fingerprint density at radius 1 is 1.42 bits per heavy atom. The van der Waals surface area contributed by atoms with Crippen LogP contribution in [-0.4, -0.2) is 24.4 Å². The summed E-state index contributed by atoms with van der Waals surface area (Å²) in [6.07, 6.45) is -4.05. The van der Waals surface area contributed by atoms with E-state index < -0.39 is 17.9 Å². The van der Waals surface area contributed by atoms with Crippen LogP contribution in [0.5, 0.6) is 0 Å². The summed E-state index contributed by atoms with van der Waals surface area (Å²) in [6.45, 7) is 1.24. The molecule has 1 heterocycles. The molecular formula is C7H11F4N. The summed E-state index contributed by atoms with van der Waals surface area (Å²) in [7, 11) is 0. The molecule has 0 radical (unpaired) electrons. The predicted molar refractivity (Wildman–Crippen MR) is 36.6 cm³/mol. The number of hydrogen-bond acceptors (Lipinski definition) is 1. The zero-order chi connectivity index (χ0) is 9.41. The lowest BCUT2D eigenvalue weighted by atomic mass is 9.89. The third-order valence-corrected chi connectivity index (χ3v) is 2.12. The number of halogens is 4. The van der Waals surface area contributed by atoms with E-state index in [-0.39, 0.29) is 13.0 Å². The first-order valence-corrected chi connectivity index (χ1v) is 3.83. The molecule has 1 N–H and O–H groups in total. The van der Waals surface area contributed by atoms with Crippen molar-refractivity contribution in [2.24, 2.45) is 0 Å². The van der Waals surface area contributed by atoms with E-state index >= 15 is 0 Å². The van der Waals surface area contributed by atoms with Crippen LogP contribution in [0.4, 0.5) is 17.6 Å². The maximum atomic E-state index is 13.2. The van der Waals surface area contributed by atoms with Crippen LogP contribution in [0, 0.1) is 0 Å². The molecule has 1 rings (SSSR count). The van der Waals surface area contributed by atoms with Gasteiger partial charge in [-0.25, -0.2) is 4.39 Å². The average molecular weight is 185 g/mol. The van der Waals surface area contributed by atoms with Crippen molar-refractivity contribution in [3.63, 3.8) is 0 Å². The highest BCUT2D eigenvalue weighted by Gasteiger charge is 2.52. The summed E-state index contributed by atoms with van der Waals surface area (Å²) in [5.41, 5.74) is -2.16. The average Bonchev–Trinajstić information content (AvgIpc) is 1.83. The molecule has 0 bridgehead atoms. The van der Waals surface area contributed by atoms with Gasteiger partial charge in [-0.3, -0.25) is 0 Å². The van der Waals surface area contributed by atoms with Crippen molar-refractivity contribution < 1.29 is 17.6 Å². The maximum Gasteiger partial charge on any atom is 0.406 e. The molecule has 0 saturated carbocycles. The molecule has 0 aliphatic carbocycles. The summed E-state index contributed by atoms with van der Waals surface area (Å²) < 4.78 is 49.7. The van der Waals surface area contributed by atoms with E-state index in [1.165, 1.54) is 0 Å². The lowest BCUT2D eigenvalue weighted by Crippen LogP contribution is -2.58. The third kappa shape index (κ3) is 1.88. The van der Waals surface area contributed by atoms with Crippen LogP contribution in [0.15, 0.2) is 0 Å². The highest BCUT2D eigenvalue weighted by molar-refractivity contribution is 4.96.